The van der Waals surface area contributed by atoms with Gasteiger partial charge in [-0.1, -0.05) is 29.8 Å². The van der Waals surface area contributed by atoms with Crippen LogP contribution in [0, 0.1) is 0 Å². The summed E-state index contributed by atoms with van der Waals surface area (Å²) in [5.74, 6) is 0.276. The zero-order valence-corrected chi connectivity index (χ0v) is 25.2. The maximum atomic E-state index is 13.8. The van der Waals surface area contributed by atoms with E-state index in [2.05, 4.69) is 9.80 Å². The molecule has 2 aromatic heterocycles. The van der Waals surface area contributed by atoms with Crippen LogP contribution in [0.25, 0.3) is 21.9 Å². The number of pyridine rings is 1. The molecule has 0 unspecified atom stereocenters. The first kappa shape index (κ1) is 30.3. The van der Waals surface area contributed by atoms with Gasteiger partial charge in [0, 0.05) is 56.2 Å². The van der Waals surface area contributed by atoms with Crippen LogP contribution in [-0.4, -0.2) is 83.6 Å². The molecule has 10 nitrogen and oxygen atoms in total. The van der Waals surface area contributed by atoms with Crippen LogP contribution in [-0.2, 0) is 23.1 Å². The molecule has 2 N–H and O–H groups in total. The second-order valence-corrected chi connectivity index (χ2v) is 11.2. The van der Waals surface area contributed by atoms with Crippen LogP contribution in [0.15, 0.2) is 47.3 Å². The number of imidazole rings is 1. The van der Waals surface area contributed by atoms with Crippen molar-refractivity contribution in [1.29, 1.82) is 0 Å². The molecular weight excluding hydrogens is 579 g/mol. The van der Waals surface area contributed by atoms with Gasteiger partial charge in [0.25, 0.3) is 5.56 Å². The van der Waals surface area contributed by atoms with Crippen molar-refractivity contribution >= 4 is 57.9 Å². The van der Waals surface area contributed by atoms with E-state index in [1.807, 2.05) is 28.8 Å². The van der Waals surface area contributed by atoms with E-state index in [4.69, 9.17) is 31.8 Å². The highest BCUT2D eigenvalue weighted by atomic mass is 35.5. The van der Waals surface area contributed by atoms with Gasteiger partial charge >= 0.3 is 5.97 Å². The third-order valence-corrected chi connectivity index (χ3v) is 8.44. The van der Waals surface area contributed by atoms with Crippen molar-refractivity contribution in [1.82, 2.24) is 19.0 Å². The highest BCUT2D eigenvalue weighted by molar-refractivity contribution is 6.31. The summed E-state index contributed by atoms with van der Waals surface area (Å²) in [5, 5.41) is 1.33. The molecule has 2 fully saturated rings. The molecule has 6 rings (SSSR count). The summed E-state index contributed by atoms with van der Waals surface area (Å²) in [7, 11) is 1.74. The molecule has 2 aliphatic rings. The van der Waals surface area contributed by atoms with Crippen molar-refractivity contribution in [3.05, 3.63) is 69.0 Å². The molecule has 224 valence electrons. The Morgan fingerprint density at radius 1 is 1.17 bits per heavy atom. The minimum absolute atomic E-state index is 0. The van der Waals surface area contributed by atoms with E-state index in [0.717, 1.165) is 38.0 Å². The lowest BCUT2D eigenvalue weighted by molar-refractivity contribution is 0.0195. The monoisotopic (exact) mass is 614 g/mol. The molecular formula is C30H36Cl2N6O4. The van der Waals surface area contributed by atoms with Crippen LogP contribution in [0.2, 0.25) is 5.02 Å². The Kier molecular flexibility index (Phi) is 9.39. The van der Waals surface area contributed by atoms with E-state index in [1.165, 1.54) is 0 Å². The lowest BCUT2D eigenvalue weighted by atomic mass is 10.1. The van der Waals surface area contributed by atoms with E-state index in [0.29, 0.717) is 77.9 Å². The number of morpholine rings is 1. The van der Waals surface area contributed by atoms with Crippen molar-refractivity contribution in [3.8, 4) is 0 Å². The third-order valence-electron chi connectivity index (χ3n) is 8.07. The first-order valence-electron chi connectivity index (χ1n) is 14.1. The Morgan fingerprint density at radius 2 is 1.95 bits per heavy atom. The van der Waals surface area contributed by atoms with Crippen molar-refractivity contribution in [2.45, 2.75) is 25.4 Å². The quantitative estimate of drug-likeness (QED) is 0.316. The second kappa shape index (κ2) is 13.0. The number of halogens is 2. The maximum Gasteiger partial charge on any atom is 0.338 e. The van der Waals surface area contributed by atoms with E-state index in [-0.39, 0.29) is 24.0 Å². The smallest absolute Gasteiger partial charge is 0.338 e. The largest absolute Gasteiger partial charge is 0.461 e. The number of carbonyl (C=O) groups is 1. The van der Waals surface area contributed by atoms with Gasteiger partial charge in [0.15, 0.2) is 0 Å². The number of hydrogen-bond acceptors (Lipinski definition) is 8. The average Bonchev–Trinajstić information content (AvgIpc) is 3.37. The van der Waals surface area contributed by atoms with Gasteiger partial charge in [-0.3, -0.25) is 9.69 Å². The fourth-order valence-electron chi connectivity index (χ4n) is 5.81. The van der Waals surface area contributed by atoms with E-state index >= 15 is 0 Å². The molecule has 4 heterocycles. The number of piperidine rings is 1. The van der Waals surface area contributed by atoms with Crippen molar-refractivity contribution in [3.63, 3.8) is 0 Å². The molecule has 0 spiro atoms. The molecule has 0 aliphatic carbocycles. The first-order valence-corrected chi connectivity index (χ1v) is 14.5. The van der Waals surface area contributed by atoms with Crippen LogP contribution >= 0.6 is 24.0 Å². The number of nitrogens with two attached hydrogens (primary N) is 1. The number of aromatic nitrogens is 3. The van der Waals surface area contributed by atoms with E-state index in [1.54, 1.807) is 29.8 Å². The maximum absolute atomic E-state index is 13.8. The zero-order valence-electron chi connectivity index (χ0n) is 23.6. The second-order valence-electron chi connectivity index (χ2n) is 10.8. The van der Waals surface area contributed by atoms with Crippen molar-refractivity contribution < 1.29 is 14.3 Å². The topological polar surface area (TPSA) is 108 Å². The molecule has 2 aliphatic heterocycles. The Bertz CT molecular complexity index is 1650. The molecule has 2 aromatic carbocycles. The molecule has 1 atom stereocenters. The van der Waals surface area contributed by atoms with Crippen LogP contribution in [0.1, 0.15) is 28.8 Å². The predicted molar refractivity (Wildman–Crippen MR) is 167 cm³/mol. The molecule has 4 aromatic rings. The minimum atomic E-state index is -0.403. The lowest BCUT2D eigenvalue weighted by Gasteiger charge is -2.32. The Balaban J connectivity index is 0.00000353. The van der Waals surface area contributed by atoms with Crippen molar-refractivity contribution in [2.24, 2.45) is 12.8 Å². The highest BCUT2D eigenvalue weighted by Gasteiger charge is 2.26. The molecule has 0 bridgehead atoms. The number of hydrogen-bond donors (Lipinski definition) is 1. The Morgan fingerprint density at radius 3 is 2.71 bits per heavy atom. The number of aryl methyl sites for hydroxylation is 1. The first-order chi connectivity index (χ1) is 19.9. The number of fused-ring (bicyclic) bond motifs is 3. The summed E-state index contributed by atoms with van der Waals surface area (Å²) in [4.78, 5) is 36.3. The van der Waals surface area contributed by atoms with Gasteiger partial charge < -0.3 is 29.2 Å². The van der Waals surface area contributed by atoms with Crippen LogP contribution < -0.4 is 16.2 Å². The van der Waals surface area contributed by atoms with Crippen LogP contribution in [0.3, 0.4) is 0 Å². The van der Waals surface area contributed by atoms with Crippen LogP contribution in [0.4, 0.5) is 5.95 Å². The van der Waals surface area contributed by atoms with Crippen LogP contribution in [0.5, 0.6) is 0 Å². The molecule has 2 saturated heterocycles. The van der Waals surface area contributed by atoms with Gasteiger partial charge in [-0.2, -0.15) is 0 Å². The van der Waals surface area contributed by atoms with Gasteiger partial charge in [0.1, 0.15) is 17.6 Å². The number of anilines is 1. The van der Waals surface area contributed by atoms with Gasteiger partial charge in [0.2, 0.25) is 5.95 Å². The predicted octanol–water partition coefficient (Wildman–Crippen LogP) is 3.43. The van der Waals surface area contributed by atoms with Gasteiger partial charge in [-0.05, 0) is 42.7 Å². The number of ether oxygens (including phenoxy) is 2. The summed E-state index contributed by atoms with van der Waals surface area (Å²) in [6.45, 7) is 5.83. The van der Waals surface area contributed by atoms with Gasteiger partial charge in [-0.25, -0.2) is 9.78 Å². The number of carbonyl (C=O) groups excluding carboxylic acids is 1. The summed E-state index contributed by atoms with van der Waals surface area (Å²) in [6.07, 6.45) is 1.89. The van der Waals surface area contributed by atoms with E-state index in [9.17, 15) is 9.59 Å². The van der Waals surface area contributed by atoms with E-state index < -0.39 is 5.97 Å². The number of benzene rings is 2. The average molecular weight is 616 g/mol. The fraction of sp³-hybridized carbons (Fsp3) is 0.433. The number of nitrogens with zero attached hydrogens (tertiary/aromatic N) is 5. The third kappa shape index (κ3) is 6.00. The SMILES string of the molecule is Cl.Cn1c(=O)c2c(nc(N3CCC[C@@H](N)C3)n2Cc2ccccc2Cl)c2cc(C(=O)OCCN3CCOCC3)ccc21. The molecule has 0 saturated carbocycles. The van der Waals surface area contributed by atoms with Crippen molar-refractivity contribution in [2.75, 3.05) is 57.4 Å². The highest BCUT2D eigenvalue weighted by Crippen LogP contribution is 2.31. The van der Waals surface area contributed by atoms with Gasteiger partial charge in [0.05, 0.1) is 30.8 Å². The Hall–Kier alpha value is -3.15. The lowest BCUT2D eigenvalue weighted by Crippen LogP contribution is -2.44. The normalized spacial score (nSPS) is 17.9. The van der Waals surface area contributed by atoms with Gasteiger partial charge in [-0.15, -0.1) is 12.4 Å². The molecule has 0 radical (unpaired) electrons. The Labute approximate surface area is 255 Å². The summed E-state index contributed by atoms with van der Waals surface area (Å²) in [5.41, 5.74) is 9.18. The summed E-state index contributed by atoms with van der Waals surface area (Å²) < 4.78 is 14.6. The minimum Gasteiger partial charge on any atom is -0.461 e. The number of rotatable bonds is 7. The summed E-state index contributed by atoms with van der Waals surface area (Å²) in [6, 6.07) is 12.9. The standard InChI is InChI=1S/C30H35ClN6O4.ClH/c1-34-25-9-8-20(29(39)41-16-13-35-11-14-40-15-12-35)17-23(25)26-27(28(34)38)37(18-21-5-2-3-7-24(21)31)30(33-26)36-10-4-6-22(32)19-36;/h2-3,5,7-9,17,22H,4,6,10-16,18-19,32H2,1H3;1H/t22-;/m1./s1. The molecule has 0 amide bonds. The fourth-order valence-corrected chi connectivity index (χ4v) is 6.01. The zero-order chi connectivity index (χ0) is 28.5. The molecule has 42 heavy (non-hydrogen) atoms. The molecule has 12 heteroatoms. The summed E-state index contributed by atoms with van der Waals surface area (Å²) >= 11 is 6.56. The number of esters is 1.